The van der Waals surface area contributed by atoms with Gasteiger partial charge in [0.1, 0.15) is 5.82 Å². The van der Waals surface area contributed by atoms with Crippen molar-refractivity contribution >= 4 is 17.4 Å². The molecule has 0 bridgehead atoms. The molecular weight excluding hydrogens is 233 g/mol. The normalized spacial score (nSPS) is 10.1. The fourth-order valence-electron chi connectivity index (χ4n) is 1.51. The minimum Gasteiger partial charge on any atom is -0.396 e. The summed E-state index contributed by atoms with van der Waals surface area (Å²) in [5.74, 6) is -0.467. The van der Waals surface area contributed by atoms with E-state index in [0.29, 0.717) is 17.1 Å². The molecule has 2 aromatic rings. The van der Waals surface area contributed by atoms with E-state index in [-0.39, 0.29) is 12.3 Å². The third-order valence-electron chi connectivity index (χ3n) is 2.41. The lowest BCUT2D eigenvalue weighted by Crippen LogP contribution is -2.17. The Morgan fingerprint density at radius 3 is 2.78 bits per heavy atom. The molecule has 0 unspecified atom stereocenters. The van der Waals surface area contributed by atoms with Gasteiger partial charge in [0, 0.05) is 6.20 Å². The van der Waals surface area contributed by atoms with E-state index in [1.165, 1.54) is 12.3 Å². The molecule has 92 valence electrons. The topological polar surface area (TPSA) is 68.0 Å². The van der Waals surface area contributed by atoms with Crippen molar-refractivity contribution in [3.05, 3.63) is 54.0 Å². The van der Waals surface area contributed by atoms with Crippen LogP contribution in [0.3, 0.4) is 0 Å². The second-order valence-corrected chi connectivity index (χ2v) is 3.76. The number of hydrogen-bond acceptors (Lipinski definition) is 3. The van der Waals surface area contributed by atoms with Gasteiger partial charge in [-0.2, -0.15) is 0 Å². The van der Waals surface area contributed by atoms with Crippen LogP contribution in [0, 0.1) is 5.82 Å². The van der Waals surface area contributed by atoms with Crippen LogP contribution in [0.15, 0.2) is 42.6 Å². The fourth-order valence-corrected chi connectivity index (χ4v) is 1.51. The lowest BCUT2D eigenvalue weighted by Gasteiger charge is -2.07. The number of nitrogens with two attached hydrogens (primary N) is 1. The lowest BCUT2D eigenvalue weighted by molar-refractivity contribution is -0.115. The van der Waals surface area contributed by atoms with Gasteiger partial charge in [-0.05, 0) is 23.8 Å². The summed E-state index contributed by atoms with van der Waals surface area (Å²) < 4.78 is 13.3. The van der Waals surface area contributed by atoms with Crippen molar-refractivity contribution in [3.8, 4) is 0 Å². The largest absolute Gasteiger partial charge is 0.396 e. The van der Waals surface area contributed by atoms with E-state index in [4.69, 9.17) is 5.73 Å². The maximum atomic E-state index is 13.3. The first-order valence-electron chi connectivity index (χ1n) is 5.40. The van der Waals surface area contributed by atoms with Crippen molar-refractivity contribution in [2.75, 3.05) is 11.1 Å². The highest BCUT2D eigenvalue weighted by Crippen LogP contribution is 2.14. The molecule has 0 aliphatic heterocycles. The quantitative estimate of drug-likeness (QED) is 0.868. The van der Waals surface area contributed by atoms with E-state index in [9.17, 15) is 9.18 Å². The number of nitrogens with one attached hydrogen (secondary N) is 1. The van der Waals surface area contributed by atoms with E-state index < -0.39 is 5.82 Å². The zero-order valence-corrected chi connectivity index (χ0v) is 9.56. The molecule has 5 heteroatoms. The summed E-state index contributed by atoms with van der Waals surface area (Å²) in [5.41, 5.74) is 6.35. The predicted molar refractivity (Wildman–Crippen MR) is 67.4 cm³/mol. The average Bonchev–Trinajstić information content (AvgIpc) is 2.35. The van der Waals surface area contributed by atoms with E-state index in [2.05, 4.69) is 10.3 Å². The van der Waals surface area contributed by atoms with Gasteiger partial charge in [-0.3, -0.25) is 4.79 Å². The van der Waals surface area contributed by atoms with Crippen LogP contribution >= 0.6 is 0 Å². The maximum absolute atomic E-state index is 13.3. The molecule has 1 amide bonds. The molecule has 0 spiro atoms. The molecule has 0 aliphatic rings. The summed E-state index contributed by atoms with van der Waals surface area (Å²) in [4.78, 5) is 15.6. The zero-order chi connectivity index (χ0) is 13.0. The summed E-state index contributed by atoms with van der Waals surface area (Å²) >= 11 is 0. The Morgan fingerprint density at radius 2 is 2.06 bits per heavy atom. The highest BCUT2D eigenvalue weighted by Gasteiger charge is 2.09. The average molecular weight is 245 g/mol. The number of benzene rings is 1. The second-order valence-electron chi connectivity index (χ2n) is 3.76. The van der Waals surface area contributed by atoms with Gasteiger partial charge in [-0.15, -0.1) is 0 Å². The van der Waals surface area contributed by atoms with Crippen molar-refractivity contribution in [1.29, 1.82) is 0 Å². The Morgan fingerprint density at radius 1 is 1.28 bits per heavy atom. The number of nitrogens with zero attached hydrogens (tertiary/aromatic N) is 1. The van der Waals surface area contributed by atoms with Gasteiger partial charge in [0.2, 0.25) is 5.91 Å². The fraction of sp³-hybridized carbons (Fsp3) is 0.0769. The molecule has 2 rings (SSSR count). The molecule has 0 aliphatic carbocycles. The van der Waals surface area contributed by atoms with Crippen LogP contribution in [-0.4, -0.2) is 10.9 Å². The number of carbonyl (C=O) groups excluding carboxylic acids is 1. The first-order chi connectivity index (χ1) is 8.66. The summed E-state index contributed by atoms with van der Waals surface area (Å²) in [5, 5.41) is 2.54. The molecular formula is C13H12FN3O. The second kappa shape index (κ2) is 5.27. The number of carbonyl (C=O) groups is 1. The minimum absolute atomic E-state index is 0.0529. The number of aromatic nitrogens is 1. The van der Waals surface area contributed by atoms with Crippen LogP contribution in [-0.2, 0) is 11.2 Å². The SMILES string of the molecule is Nc1cccnc1NC(=O)Cc1ccccc1F. The monoisotopic (exact) mass is 245 g/mol. The van der Waals surface area contributed by atoms with Gasteiger partial charge in [0.05, 0.1) is 12.1 Å². The molecule has 0 saturated carbocycles. The van der Waals surface area contributed by atoms with Crippen LogP contribution in [0.25, 0.3) is 0 Å². The minimum atomic E-state index is -0.401. The smallest absolute Gasteiger partial charge is 0.230 e. The van der Waals surface area contributed by atoms with Crippen LogP contribution in [0.1, 0.15) is 5.56 Å². The number of nitrogen functional groups attached to an aromatic ring is 1. The Bertz CT molecular complexity index is 522. The molecule has 1 aromatic heterocycles. The summed E-state index contributed by atoms with van der Waals surface area (Å²) in [6, 6.07) is 9.44. The molecule has 1 heterocycles. The molecule has 0 radical (unpaired) electrons. The first-order valence-corrected chi connectivity index (χ1v) is 5.40. The van der Waals surface area contributed by atoms with Crippen molar-refractivity contribution in [2.24, 2.45) is 0 Å². The highest BCUT2D eigenvalue weighted by atomic mass is 19.1. The Labute approximate surface area is 104 Å². The maximum Gasteiger partial charge on any atom is 0.230 e. The third kappa shape index (κ3) is 2.82. The van der Waals surface area contributed by atoms with Crippen molar-refractivity contribution in [3.63, 3.8) is 0 Å². The van der Waals surface area contributed by atoms with Crippen LogP contribution in [0.4, 0.5) is 15.9 Å². The lowest BCUT2D eigenvalue weighted by atomic mass is 10.1. The summed E-state index contributed by atoms with van der Waals surface area (Å²) in [6.07, 6.45) is 1.47. The molecule has 4 nitrogen and oxygen atoms in total. The van der Waals surface area contributed by atoms with Crippen LogP contribution in [0.5, 0.6) is 0 Å². The number of hydrogen-bond donors (Lipinski definition) is 2. The van der Waals surface area contributed by atoms with Gasteiger partial charge < -0.3 is 11.1 Å². The van der Waals surface area contributed by atoms with Crippen LogP contribution in [0.2, 0.25) is 0 Å². The Hall–Kier alpha value is -2.43. The summed E-state index contributed by atoms with van der Waals surface area (Å²) in [7, 11) is 0. The van der Waals surface area contributed by atoms with Crippen molar-refractivity contribution in [2.45, 2.75) is 6.42 Å². The third-order valence-corrected chi connectivity index (χ3v) is 2.41. The molecule has 3 N–H and O–H groups in total. The standard InChI is InChI=1S/C13H12FN3O/c14-10-5-2-1-4-9(10)8-12(18)17-13-11(15)6-3-7-16-13/h1-7H,8,15H2,(H,16,17,18). The number of rotatable bonds is 3. The number of pyridine rings is 1. The summed E-state index contributed by atoms with van der Waals surface area (Å²) in [6.45, 7) is 0. The number of halogens is 1. The first kappa shape index (κ1) is 12.0. The number of anilines is 2. The molecule has 0 saturated heterocycles. The van der Waals surface area contributed by atoms with Gasteiger partial charge in [-0.25, -0.2) is 9.37 Å². The molecule has 18 heavy (non-hydrogen) atoms. The number of amides is 1. The van der Waals surface area contributed by atoms with E-state index >= 15 is 0 Å². The van der Waals surface area contributed by atoms with E-state index in [0.717, 1.165) is 0 Å². The van der Waals surface area contributed by atoms with Gasteiger partial charge in [0.15, 0.2) is 5.82 Å². The van der Waals surface area contributed by atoms with Gasteiger partial charge >= 0.3 is 0 Å². The van der Waals surface area contributed by atoms with Gasteiger partial charge in [0.25, 0.3) is 0 Å². The van der Waals surface area contributed by atoms with Crippen LogP contribution < -0.4 is 11.1 Å². The Balaban J connectivity index is 2.06. The zero-order valence-electron chi connectivity index (χ0n) is 9.56. The van der Waals surface area contributed by atoms with Gasteiger partial charge in [-0.1, -0.05) is 18.2 Å². The molecule has 0 fully saturated rings. The van der Waals surface area contributed by atoms with Crippen molar-refractivity contribution < 1.29 is 9.18 Å². The van der Waals surface area contributed by atoms with E-state index in [1.807, 2.05) is 0 Å². The predicted octanol–water partition coefficient (Wildman–Crippen LogP) is 1.98. The molecule has 0 atom stereocenters. The Kier molecular flexibility index (Phi) is 3.52. The highest BCUT2D eigenvalue weighted by molar-refractivity contribution is 5.93. The molecule has 1 aromatic carbocycles. The van der Waals surface area contributed by atoms with E-state index in [1.54, 1.807) is 30.3 Å². The van der Waals surface area contributed by atoms with Crippen molar-refractivity contribution in [1.82, 2.24) is 4.98 Å².